The molecule has 3 aromatic carbocycles. The summed E-state index contributed by atoms with van der Waals surface area (Å²) in [5.74, 6) is 0.0994. The normalized spacial score (nSPS) is 10.5. The van der Waals surface area contributed by atoms with Gasteiger partial charge in [0.15, 0.2) is 0 Å². The highest BCUT2D eigenvalue weighted by atomic mass is 16.5. The molecule has 0 saturated heterocycles. The molecule has 0 aliphatic heterocycles. The molecule has 0 atom stereocenters. The Morgan fingerprint density at radius 2 is 1.61 bits per heavy atom. The fraction of sp³-hybridized carbons (Fsp3) is 0.217. The van der Waals surface area contributed by atoms with E-state index in [0.29, 0.717) is 23.4 Å². The number of fused-ring (bicyclic) bond motifs is 1. The molecule has 0 aromatic heterocycles. The third kappa shape index (κ3) is 4.49. The van der Waals surface area contributed by atoms with E-state index in [9.17, 15) is 9.59 Å². The smallest absolute Gasteiger partial charge is 0.311 e. The molecule has 0 spiro atoms. The average Bonchev–Trinajstić information content (AvgIpc) is 2.72. The Bertz CT molecular complexity index is 997. The van der Waals surface area contributed by atoms with Crippen molar-refractivity contribution in [2.24, 2.45) is 0 Å². The van der Waals surface area contributed by atoms with E-state index in [1.807, 2.05) is 43.3 Å². The zero-order valence-corrected chi connectivity index (χ0v) is 16.0. The first-order valence-corrected chi connectivity index (χ1v) is 9.30. The van der Waals surface area contributed by atoms with Gasteiger partial charge in [-0.15, -0.1) is 0 Å². The van der Waals surface area contributed by atoms with Crippen LogP contribution in [-0.2, 0) is 4.79 Å². The number of hydrogen-bond donors (Lipinski definition) is 1. The molecule has 0 saturated carbocycles. The van der Waals surface area contributed by atoms with Gasteiger partial charge in [-0.3, -0.25) is 9.59 Å². The van der Waals surface area contributed by atoms with Crippen LogP contribution in [0.25, 0.3) is 10.8 Å². The molecule has 3 aromatic rings. The van der Waals surface area contributed by atoms with Crippen molar-refractivity contribution in [2.45, 2.75) is 26.2 Å². The van der Waals surface area contributed by atoms with E-state index in [-0.39, 0.29) is 17.6 Å². The molecule has 1 N–H and O–H groups in total. The molecule has 0 bridgehead atoms. The van der Waals surface area contributed by atoms with Crippen LogP contribution in [0, 0.1) is 0 Å². The minimum Gasteiger partial charge on any atom is -0.495 e. The summed E-state index contributed by atoms with van der Waals surface area (Å²) in [6.45, 7) is 2.01. The second kappa shape index (κ2) is 9.04. The number of benzene rings is 3. The Kier molecular flexibility index (Phi) is 6.27. The van der Waals surface area contributed by atoms with Crippen LogP contribution in [0.15, 0.2) is 60.7 Å². The second-order valence-electron chi connectivity index (χ2n) is 6.43. The summed E-state index contributed by atoms with van der Waals surface area (Å²) in [5, 5.41) is 4.63. The minimum atomic E-state index is -0.367. The lowest BCUT2D eigenvalue weighted by atomic mass is 10.0. The third-order valence-corrected chi connectivity index (χ3v) is 4.41. The highest BCUT2D eigenvalue weighted by Gasteiger charge is 2.18. The first-order chi connectivity index (χ1) is 13.6. The molecular weight excluding hydrogens is 354 g/mol. The highest BCUT2D eigenvalue weighted by molar-refractivity contribution is 6.09. The molecule has 0 radical (unpaired) electrons. The zero-order chi connectivity index (χ0) is 19.9. The Balaban J connectivity index is 1.96. The van der Waals surface area contributed by atoms with Crippen LogP contribution < -0.4 is 14.8 Å². The summed E-state index contributed by atoms with van der Waals surface area (Å²) in [6.07, 6.45) is 1.96. The van der Waals surface area contributed by atoms with Crippen molar-refractivity contribution >= 4 is 28.3 Å². The van der Waals surface area contributed by atoms with E-state index >= 15 is 0 Å². The van der Waals surface area contributed by atoms with Gasteiger partial charge in [0.2, 0.25) is 0 Å². The SMILES string of the molecule is CCCCC(=O)Oc1cc2ccccc2cc1C(=O)Nc1ccccc1OC. The van der Waals surface area contributed by atoms with Gasteiger partial charge in [-0.05, 0) is 41.5 Å². The number of para-hydroxylation sites is 2. The van der Waals surface area contributed by atoms with Crippen LogP contribution in [0.5, 0.6) is 11.5 Å². The number of rotatable bonds is 7. The molecule has 28 heavy (non-hydrogen) atoms. The summed E-state index contributed by atoms with van der Waals surface area (Å²) in [7, 11) is 1.54. The Morgan fingerprint density at radius 3 is 2.32 bits per heavy atom. The topological polar surface area (TPSA) is 64.6 Å². The summed E-state index contributed by atoms with van der Waals surface area (Å²) < 4.78 is 10.8. The summed E-state index contributed by atoms with van der Waals surface area (Å²) in [4.78, 5) is 25.2. The maximum absolute atomic E-state index is 13.0. The summed E-state index contributed by atoms with van der Waals surface area (Å²) in [6, 6.07) is 18.3. The number of hydrogen-bond acceptors (Lipinski definition) is 4. The van der Waals surface area contributed by atoms with Crippen LogP contribution in [0.2, 0.25) is 0 Å². The van der Waals surface area contributed by atoms with Gasteiger partial charge in [-0.1, -0.05) is 49.7 Å². The molecule has 0 unspecified atom stereocenters. The van der Waals surface area contributed by atoms with E-state index < -0.39 is 0 Å². The quantitative estimate of drug-likeness (QED) is 0.454. The lowest BCUT2D eigenvalue weighted by Gasteiger charge is -2.14. The number of amides is 1. The van der Waals surface area contributed by atoms with E-state index in [1.165, 1.54) is 0 Å². The maximum Gasteiger partial charge on any atom is 0.311 e. The first kappa shape index (κ1) is 19.4. The van der Waals surface area contributed by atoms with Crippen LogP contribution in [0.1, 0.15) is 36.5 Å². The van der Waals surface area contributed by atoms with Gasteiger partial charge >= 0.3 is 5.97 Å². The van der Waals surface area contributed by atoms with Gasteiger partial charge in [0.1, 0.15) is 11.5 Å². The number of unbranched alkanes of at least 4 members (excludes halogenated alkanes) is 1. The molecule has 0 fully saturated rings. The number of ether oxygens (including phenoxy) is 2. The van der Waals surface area contributed by atoms with Gasteiger partial charge in [0, 0.05) is 6.42 Å². The highest BCUT2D eigenvalue weighted by Crippen LogP contribution is 2.29. The van der Waals surface area contributed by atoms with Gasteiger partial charge in [-0.2, -0.15) is 0 Å². The Labute approximate surface area is 164 Å². The van der Waals surface area contributed by atoms with Gasteiger partial charge < -0.3 is 14.8 Å². The van der Waals surface area contributed by atoms with Crippen molar-refractivity contribution < 1.29 is 19.1 Å². The van der Waals surface area contributed by atoms with Gasteiger partial charge in [-0.25, -0.2) is 0 Å². The molecule has 5 heteroatoms. The molecule has 0 aliphatic carbocycles. The average molecular weight is 377 g/mol. The number of carbonyl (C=O) groups excluding carboxylic acids is 2. The predicted octanol–water partition coefficient (Wildman–Crippen LogP) is 5.20. The fourth-order valence-electron chi connectivity index (χ4n) is 2.91. The Morgan fingerprint density at radius 1 is 0.929 bits per heavy atom. The zero-order valence-electron chi connectivity index (χ0n) is 16.0. The number of nitrogens with one attached hydrogen (secondary N) is 1. The molecule has 144 valence electrons. The molecule has 3 rings (SSSR count). The van der Waals surface area contributed by atoms with E-state index in [2.05, 4.69) is 5.32 Å². The lowest BCUT2D eigenvalue weighted by molar-refractivity contribution is -0.134. The summed E-state index contributed by atoms with van der Waals surface area (Å²) >= 11 is 0. The lowest BCUT2D eigenvalue weighted by Crippen LogP contribution is -2.16. The van der Waals surface area contributed by atoms with Crippen molar-refractivity contribution in [1.82, 2.24) is 0 Å². The van der Waals surface area contributed by atoms with Crippen molar-refractivity contribution in [3.63, 3.8) is 0 Å². The maximum atomic E-state index is 13.0. The number of carbonyl (C=O) groups is 2. The van der Waals surface area contributed by atoms with Crippen LogP contribution in [-0.4, -0.2) is 19.0 Å². The number of esters is 1. The van der Waals surface area contributed by atoms with Gasteiger partial charge in [0.25, 0.3) is 5.91 Å². The molecule has 0 aliphatic rings. The van der Waals surface area contributed by atoms with Crippen molar-refractivity contribution in [3.8, 4) is 11.5 Å². The third-order valence-electron chi connectivity index (χ3n) is 4.41. The predicted molar refractivity (Wildman–Crippen MR) is 110 cm³/mol. The fourth-order valence-corrected chi connectivity index (χ4v) is 2.91. The Hall–Kier alpha value is -3.34. The standard InChI is InChI=1S/C23H23NO4/c1-3-4-13-22(25)28-21-15-17-10-6-5-9-16(17)14-18(21)23(26)24-19-11-7-8-12-20(19)27-2/h5-12,14-15H,3-4,13H2,1-2H3,(H,24,26). The van der Waals surface area contributed by atoms with E-state index in [0.717, 1.165) is 23.6 Å². The van der Waals surface area contributed by atoms with Crippen LogP contribution in [0.4, 0.5) is 5.69 Å². The monoisotopic (exact) mass is 377 g/mol. The molecule has 0 heterocycles. The molecule has 5 nitrogen and oxygen atoms in total. The second-order valence-corrected chi connectivity index (χ2v) is 6.43. The van der Waals surface area contributed by atoms with Crippen molar-refractivity contribution in [1.29, 1.82) is 0 Å². The van der Waals surface area contributed by atoms with Gasteiger partial charge in [0.05, 0.1) is 18.4 Å². The van der Waals surface area contributed by atoms with E-state index in [1.54, 1.807) is 31.4 Å². The molecular formula is C23H23NO4. The number of anilines is 1. The minimum absolute atomic E-state index is 0.257. The number of methoxy groups -OCH3 is 1. The molecule has 1 amide bonds. The summed E-state index contributed by atoms with van der Waals surface area (Å²) in [5.41, 5.74) is 0.848. The van der Waals surface area contributed by atoms with Crippen molar-refractivity contribution in [3.05, 3.63) is 66.2 Å². The largest absolute Gasteiger partial charge is 0.495 e. The van der Waals surface area contributed by atoms with Crippen LogP contribution >= 0.6 is 0 Å². The van der Waals surface area contributed by atoms with Crippen molar-refractivity contribution in [2.75, 3.05) is 12.4 Å². The van der Waals surface area contributed by atoms with Crippen LogP contribution in [0.3, 0.4) is 0 Å². The van der Waals surface area contributed by atoms with E-state index in [4.69, 9.17) is 9.47 Å². The first-order valence-electron chi connectivity index (χ1n) is 9.30.